The Hall–Kier alpha value is -3.17. The highest BCUT2D eigenvalue weighted by molar-refractivity contribution is 5.92. The van der Waals surface area contributed by atoms with Crippen LogP contribution in [-0.4, -0.2) is 60.5 Å². The molecule has 2 rings (SSSR count). The van der Waals surface area contributed by atoms with Crippen molar-refractivity contribution in [2.45, 2.75) is 12.5 Å². The van der Waals surface area contributed by atoms with Crippen LogP contribution in [0.1, 0.15) is 6.42 Å². The zero-order valence-corrected chi connectivity index (χ0v) is 13.5. The third-order valence-electron chi connectivity index (χ3n) is 3.65. The molecule has 25 heavy (non-hydrogen) atoms. The molecule has 1 N–H and O–H groups in total. The van der Waals surface area contributed by atoms with Crippen LogP contribution in [0.4, 0.5) is 5.69 Å². The van der Waals surface area contributed by atoms with E-state index < -0.39 is 28.7 Å². The second-order valence-electron chi connectivity index (χ2n) is 5.21. The van der Waals surface area contributed by atoms with Gasteiger partial charge in [-0.3, -0.25) is 24.5 Å². The van der Waals surface area contributed by atoms with Crippen molar-refractivity contribution in [3.63, 3.8) is 0 Å². The summed E-state index contributed by atoms with van der Waals surface area (Å²) in [5.74, 6) is -1.22. The number of nitro groups is 1. The zero-order chi connectivity index (χ0) is 18.4. The van der Waals surface area contributed by atoms with Crippen LogP contribution in [0.25, 0.3) is 0 Å². The molecular weight excluding hydrogens is 334 g/mol. The maximum atomic E-state index is 12.3. The summed E-state index contributed by atoms with van der Waals surface area (Å²) in [6.07, 6.45) is -0.244. The number of hydrogen-bond acceptors (Lipinski definition) is 7. The average molecular weight is 351 g/mol. The van der Waals surface area contributed by atoms with Crippen LogP contribution in [0.3, 0.4) is 0 Å². The fourth-order valence-electron chi connectivity index (χ4n) is 2.35. The molecule has 134 valence electrons. The van der Waals surface area contributed by atoms with E-state index in [2.05, 4.69) is 10.1 Å². The summed E-state index contributed by atoms with van der Waals surface area (Å²) >= 11 is 0. The normalized spacial score (nSPS) is 16.8. The predicted octanol–water partition coefficient (Wildman–Crippen LogP) is -0.136. The van der Waals surface area contributed by atoms with Gasteiger partial charge < -0.3 is 19.7 Å². The van der Waals surface area contributed by atoms with Gasteiger partial charge in [0.1, 0.15) is 11.8 Å². The van der Waals surface area contributed by atoms with Gasteiger partial charge in [-0.2, -0.15) is 0 Å². The molecule has 1 aliphatic heterocycles. The number of ether oxygens (including phenoxy) is 2. The van der Waals surface area contributed by atoms with Crippen molar-refractivity contribution in [3.05, 3.63) is 34.4 Å². The molecule has 1 fully saturated rings. The van der Waals surface area contributed by atoms with Gasteiger partial charge in [-0.05, 0) is 12.1 Å². The maximum Gasteiger partial charge on any atom is 0.308 e. The van der Waals surface area contributed by atoms with Crippen LogP contribution >= 0.6 is 0 Å². The molecule has 10 heteroatoms. The molecule has 0 radical (unpaired) electrons. The molecule has 0 aromatic heterocycles. The van der Waals surface area contributed by atoms with Gasteiger partial charge >= 0.3 is 5.97 Å². The first-order valence-corrected chi connectivity index (χ1v) is 7.43. The minimum absolute atomic E-state index is 0.0930. The van der Waals surface area contributed by atoms with Crippen LogP contribution < -0.4 is 10.1 Å². The Kier molecular flexibility index (Phi) is 5.88. The second kappa shape index (κ2) is 8.08. The highest BCUT2D eigenvalue weighted by atomic mass is 16.6. The lowest BCUT2D eigenvalue weighted by molar-refractivity contribution is -0.384. The predicted molar refractivity (Wildman–Crippen MR) is 83.7 cm³/mol. The number of carbonyl (C=O) groups excluding carboxylic acids is 3. The Morgan fingerprint density at radius 1 is 1.36 bits per heavy atom. The lowest BCUT2D eigenvalue weighted by atomic mass is 10.1. The van der Waals surface area contributed by atoms with E-state index in [0.717, 1.165) is 0 Å². The van der Waals surface area contributed by atoms with Crippen molar-refractivity contribution >= 4 is 23.5 Å². The molecular formula is C15H17N3O7. The highest BCUT2D eigenvalue weighted by Gasteiger charge is 2.35. The number of carbonyl (C=O) groups is 3. The van der Waals surface area contributed by atoms with E-state index in [-0.39, 0.29) is 37.6 Å². The molecule has 10 nitrogen and oxygen atoms in total. The van der Waals surface area contributed by atoms with Gasteiger partial charge in [0.2, 0.25) is 5.91 Å². The number of amides is 2. The minimum atomic E-state index is -0.950. The first-order chi connectivity index (χ1) is 11.9. The van der Waals surface area contributed by atoms with Crippen molar-refractivity contribution < 1.29 is 28.8 Å². The monoisotopic (exact) mass is 351 g/mol. The Bertz CT molecular complexity index is 674. The van der Waals surface area contributed by atoms with Crippen molar-refractivity contribution in [1.29, 1.82) is 0 Å². The summed E-state index contributed by atoms with van der Waals surface area (Å²) in [5, 5.41) is 13.2. The van der Waals surface area contributed by atoms with E-state index in [4.69, 9.17) is 4.74 Å². The van der Waals surface area contributed by atoms with Gasteiger partial charge in [0.25, 0.3) is 11.6 Å². The minimum Gasteiger partial charge on any atom is -0.484 e. The number of benzene rings is 1. The van der Waals surface area contributed by atoms with Gasteiger partial charge in [-0.1, -0.05) is 0 Å². The van der Waals surface area contributed by atoms with Crippen LogP contribution in [0.5, 0.6) is 5.75 Å². The van der Waals surface area contributed by atoms with Gasteiger partial charge in [-0.25, -0.2) is 0 Å². The van der Waals surface area contributed by atoms with Crippen molar-refractivity contribution in [1.82, 2.24) is 10.2 Å². The number of nitrogens with one attached hydrogen (secondary N) is 1. The van der Waals surface area contributed by atoms with Gasteiger partial charge in [-0.15, -0.1) is 0 Å². The number of piperazine rings is 1. The molecule has 0 spiro atoms. The van der Waals surface area contributed by atoms with E-state index in [0.29, 0.717) is 0 Å². The maximum absolute atomic E-state index is 12.3. The number of esters is 1. The van der Waals surface area contributed by atoms with Crippen LogP contribution in [-0.2, 0) is 19.1 Å². The second-order valence-corrected chi connectivity index (χ2v) is 5.21. The van der Waals surface area contributed by atoms with Gasteiger partial charge in [0.05, 0.1) is 18.5 Å². The molecule has 1 heterocycles. The average Bonchev–Trinajstić information content (AvgIpc) is 2.61. The van der Waals surface area contributed by atoms with E-state index in [1.807, 2.05) is 0 Å². The van der Waals surface area contributed by atoms with E-state index >= 15 is 0 Å². The summed E-state index contributed by atoms with van der Waals surface area (Å²) in [6.45, 7) is 0.165. The molecule has 2 amide bonds. The number of methoxy groups -OCH3 is 1. The summed E-state index contributed by atoms with van der Waals surface area (Å²) in [5.41, 5.74) is -0.0930. The third kappa shape index (κ3) is 4.66. The SMILES string of the molecule is COC(=O)C[C@@H]1C(=O)NCCN1C(=O)COc1ccc([N+](=O)[O-])cc1. The largest absolute Gasteiger partial charge is 0.484 e. The summed E-state index contributed by atoms with van der Waals surface area (Å²) in [6, 6.07) is 4.32. The van der Waals surface area contributed by atoms with Crippen LogP contribution in [0, 0.1) is 10.1 Å². The third-order valence-corrected chi connectivity index (χ3v) is 3.65. The Morgan fingerprint density at radius 2 is 2.04 bits per heavy atom. The quantitative estimate of drug-likeness (QED) is 0.429. The molecule has 0 aliphatic carbocycles. The molecule has 1 saturated heterocycles. The van der Waals surface area contributed by atoms with Crippen LogP contribution in [0.2, 0.25) is 0 Å². The Balaban J connectivity index is 1.98. The molecule has 0 bridgehead atoms. The molecule has 1 aromatic carbocycles. The van der Waals surface area contributed by atoms with E-state index in [1.54, 1.807) is 0 Å². The van der Waals surface area contributed by atoms with E-state index in [1.165, 1.54) is 36.3 Å². The number of non-ortho nitro benzene ring substituents is 1. The summed E-state index contributed by atoms with van der Waals surface area (Å²) in [4.78, 5) is 47.0. The van der Waals surface area contributed by atoms with Crippen molar-refractivity contribution in [2.24, 2.45) is 0 Å². The molecule has 1 aromatic rings. The number of nitro benzene ring substituents is 1. The Labute approximate surface area is 142 Å². The smallest absolute Gasteiger partial charge is 0.308 e. The Morgan fingerprint density at radius 3 is 2.64 bits per heavy atom. The fraction of sp³-hybridized carbons (Fsp3) is 0.400. The van der Waals surface area contributed by atoms with Gasteiger partial charge in [0.15, 0.2) is 6.61 Å². The molecule has 1 aliphatic rings. The molecule has 0 unspecified atom stereocenters. The molecule has 1 atom stereocenters. The van der Waals surface area contributed by atoms with Crippen LogP contribution in [0.15, 0.2) is 24.3 Å². The first-order valence-electron chi connectivity index (χ1n) is 7.43. The van der Waals surface area contributed by atoms with Crippen molar-refractivity contribution in [2.75, 3.05) is 26.8 Å². The number of hydrogen-bond donors (Lipinski definition) is 1. The lowest BCUT2D eigenvalue weighted by Crippen LogP contribution is -2.58. The number of nitrogens with zero attached hydrogens (tertiary/aromatic N) is 2. The summed E-state index contributed by atoms with van der Waals surface area (Å²) in [7, 11) is 1.20. The topological polar surface area (TPSA) is 128 Å². The van der Waals surface area contributed by atoms with E-state index in [9.17, 15) is 24.5 Å². The standard InChI is InChI=1S/C15H17N3O7/c1-24-14(20)8-12-15(21)16-6-7-17(12)13(19)9-25-11-4-2-10(3-5-11)18(22)23/h2-5,12H,6-9H2,1H3,(H,16,21)/t12-/m1/s1. The first kappa shape index (κ1) is 18.2. The fourth-order valence-corrected chi connectivity index (χ4v) is 2.35. The van der Waals surface area contributed by atoms with Crippen molar-refractivity contribution in [3.8, 4) is 5.75 Å². The number of rotatable bonds is 6. The molecule has 0 saturated carbocycles. The lowest BCUT2D eigenvalue weighted by Gasteiger charge is -2.34. The zero-order valence-electron chi connectivity index (χ0n) is 13.5. The summed E-state index contributed by atoms with van der Waals surface area (Å²) < 4.78 is 9.85. The highest BCUT2D eigenvalue weighted by Crippen LogP contribution is 2.18. The van der Waals surface area contributed by atoms with Gasteiger partial charge in [0, 0.05) is 25.2 Å².